The van der Waals surface area contributed by atoms with Crippen molar-refractivity contribution in [3.05, 3.63) is 81.7 Å². The molecule has 16 nitrogen and oxygen atoms in total. The van der Waals surface area contributed by atoms with Crippen LogP contribution >= 0.6 is 23.2 Å². The molecule has 0 saturated carbocycles. The third-order valence-corrected chi connectivity index (χ3v) is 9.90. The Morgan fingerprint density at radius 1 is 0.981 bits per heavy atom. The lowest BCUT2D eigenvalue weighted by molar-refractivity contribution is -0.295. The number of furan rings is 1. The summed E-state index contributed by atoms with van der Waals surface area (Å²) in [6, 6.07) is 11.1. The molecule has 4 N–H and O–H groups in total. The molecular weight excluding hydrogens is 773 g/mol. The predicted molar refractivity (Wildman–Crippen MR) is 193 cm³/mol. The fourth-order valence-electron chi connectivity index (χ4n) is 5.54. The van der Waals surface area contributed by atoms with Crippen LogP contribution in [0.4, 0.5) is 10.5 Å². The number of primary sulfonamides is 1. The van der Waals surface area contributed by atoms with Crippen molar-refractivity contribution in [2.45, 2.75) is 75.3 Å². The number of nitrogens with one attached hydrogen (secondary N) is 1. The molecule has 0 radical (unpaired) electrons. The molecule has 2 atom stereocenters. The van der Waals surface area contributed by atoms with Crippen molar-refractivity contribution in [2.75, 3.05) is 31.9 Å². The maximum Gasteiger partial charge on any atom is 0.413 e. The van der Waals surface area contributed by atoms with Gasteiger partial charge >= 0.3 is 24.0 Å². The van der Waals surface area contributed by atoms with Crippen LogP contribution in [0, 0.1) is 0 Å². The van der Waals surface area contributed by atoms with E-state index in [9.17, 15) is 32.7 Å². The third kappa shape index (κ3) is 11.1. The Morgan fingerprint density at radius 3 is 2.35 bits per heavy atom. The first kappa shape index (κ1) is 42.4. The fraction of sp³-hybridized carbons (Fsp3) is 0.429. The highest BCUT2D eigenvalue weighted by Gasteiger charge is 2.53. The van der Waals surface area contributed by atoms with Gasteiger partial charge in [0.05, 0.1) is 60.5 Å². The molecule has 0 aliphatic carbocycles. The molecule has 2 heterocycles. The van der Waals surface area contributed by atoms with Crippen molar-refractivity contribution >= 4 is 62.9 Å². The summed E-state index contributed by atoms with van der Waals surface area (Å²) in [6.45, 7) is 4.26. The Balaban J connectivity index is 1.15. The topological polar surface area (TPSA) is 223 Å². The SMILES string of the molecule is C[C@@H]1N(C(=O)OCOC(=O)CC(=O)OCCCCCOC(=O)c2cc(S(N)(=O)=O)c(Cl)cc2NCc2ccco2)C(C)(C)CO[C@@]1(O)c1cccc(Cl)c1. The Morgan fingerprint density at radius 2 is 1.69 bits per heavy atom. The van der Waals surface area contributed by atoms with Gasteiger partial charge < -0.3 is 38.5 Å². The number of unbranched alkanes of at least 4 members (excludes halogenated alkanes) is 2. The van der Waals surface area contributed by atoms with Gasteiger partial charge in [-0.15, -0.1) is 0 Å². The molecule has 1 aliphatic heterocycles. The average molecular weight is 815 g/mol. The van der Waals surface area contributed by atoms with Crippen molar-refractivity contribution in [3.63, 3.8) is 0 Å². The summed E-state index contributed by atoms with van der Waals surface area (Å²) in [5.74, 6) is -4.02. The van der Waals surface area contributed by atoms with Crippen LogP contribution in [0.5, 0.6) is 0 Å². The van der Waals surface area contributed by atoms with Gasteiger partial charge in [-0.2, -0.15) is 0 Å². The summed E-state index contributed by atoms with van der Waals surface area (Å²) < 4.78 is 55.5. The molecule has 54 heavy (non-hydrogen) atoms. The Bertz CT molecular complexity index is 1920. The zero-order valence-electron chi connectivity index (χ0n) is 29.7. The zero-order valence-corrected chi connectivity index (χ0v) is 32.0. The molecule has 3 aromatic rings. The van der Waals surface area contributed by atoms with Crippen molar-refractivity contribution in [1.82, 2.24) is 4.90 Å². The molecule has 294 valence electrons. The van der Waals surface area contributed by atoms with E-state index in [1.54, 1.807) is 51.1 Å². The number of amides is 1. The molecule has 0 unspecified atom stereocenters. The van der Waals surface area contributed by atoms with Gasteiger partial charge in [-0.05, 0) is 76.4 Å². The number of anilines is 1. The highest BCUT2D eigenvalue weighted by molar-refractivity contribution is 7.89. The lowest BCUT2D eigenvalue weighted by Crippen LogP contribution is -2.66. The highest BCUT2D eigenvalue weighted by atomic mass is 35.5. The average Bonchev–Trinajstić information content (AvgIpc) is 3.62. The second-order valence-electron chi connectivity index (χ2n) is 12.8. The number of rotatable bonds is 16. The summed E-state index contributed by atoms with van der Waals surface area (Å²) >= 11 is 12.2. The van der Waals surface area contributed by atoms with E-state index in [2.05, 4.69) is 5.32 Å². The van der Waals surface area contributed by atoms with E-state index < -0.39 is 69.5 Å². The van der Waals surface area contributed by atoms with Gasteiger partial charge in [0.2, 0.25) is 22.6 Å². The molecule has 1 aromatic heterocycles. The molecular formula is C35H41Cl2N3O13S. The fourth-order valence-corrected chi connectivity index (χ4v) is 6.83. The summed E-state index contributed by atoms with van der Waals surface area (Å²) in [5.41, 5.74) is -0.470. The van der Waals surface area contributed by atoms with Gasteiger partial charge in [0.25, 0.3) is 0 Å². The molecule has 1 fully saturated rings. The first-order chi connectivity index (χ1) is 25.4. The first-order valence-electron chi connectivity index (χ1n) is 16.6. The van der Waals surface area contributed by atoms with Crippen molar-refractivity contribution < 1.29 is 60.8 Å². The van der Waals surface area contributed by atoms with Crippen LogP contribution in [-0.4, -0.2) is 80.6 Å². The molecule has 1 amide bonds. The van der Waals surface area contributed by atoms with Crippen LogP contribution in [0.1, 0.15) is 68.1 Å². The number of nitrogens with two attached hydrogens (primary N) is 1. The molecule has 19 heteroatoms. The summed E-state index contributed by atoms with van der Waals surface area (Å²) in [5, 5.41) is 19.8. The number of halogens is 2. The summed E-state index contributed by atoms with van der Waals surface area (Å²) in [4.78, 5) is 51.1. The quantitative estimate of drug-likeness (QED) is 0.0564. The first-order valence-corrected chi connectivity index (χ1v) is 18.9. The van der Waals surface area contributed by atoms with Gasteiger partial charge in [0.15, 0.2) is 0 Å². The minimum atomic E-state index is -4.24. The highest BCUT2D eigenvalue weighted by Crippen LogP contribution is 2.40. The minimum Gasteiger partial charge on any atom is -0.467 e. The molecule has 0 bridgehead atoms. The van der Waals surface area contributed by atoms with Crippen molar-refractivity contribution in [2.24, 2.45) is 5.14 Å². The van der Waals surface area contributed by atoms with E-state index in [0.717, 1.165) is 6.07 Å². The number of hydrogen-bond acceptors (Lipinski definition) is 14. The molecule has 2 aromatic carbocycles. The van der Waals surface area contributed by atoms with Crippen LogP contribution in [0.2, 0.25) is 10.0 Å². The lowest BCUT2D eigenvalue weighted by Gasteiger charge is -2.52. The van der Waals surface area contributed by atoms with Gasteiger partial charge in [0.1, 0.15) is 17.1 Å². The second kappa shape index (κ2) is 18.3. The smallest absolute Gasteiger partial charge is 0.413 e. The predicted octanol–water partition coefficient (Wildman–Crippen LogP) is 5.09. The monoisotopic (exact) mass is 813 g/mol. The normalized spacial score (nSPS) is 18.1. The van der Waals surface area contributed by atoms with Gasteiger partial charge in [0, 0.05) is 10.6 Å². The number of benzene rings is 2. The molecule has 0 spiro atoms. The lowest BCUT2D eigenvalue weighted by atomic mass is 9.90. The van der Waals surface area contributed by atoms with Gasteiger partial charge in [-0.1, -0.05) is 35.3 Å². The number of carbonyl (C=O) groups is 4. The van der Waals surface area contributed by atoms with Crippen LogP contribution in [0.15, 0.2) is 64.1 Å². The van der Waals surface area contributed by atoms with Crippen LogP contribution in [0.3, 0.4) is 0 Å². The van der Waals surface area contributed by atoms with Gasteiger partial charge in [-0.25, -0.2) is 23.1 Å². The number of aliphatic hydroxyl groups is 1. The number of nitrogens with zero attached hydrogens (tertiary/aromatic N) is 1. The van der Waals surface area contributed by atoms with E-state index in [-0.39, 0.29) is 42.6 Å². The van der Waals surface area contributed by atoms with E-state index in [4.69, 9.17) is 56.4 Å². The Hall–Kier alpha value is -4.39. The van der Waals surface area contributed by atoms with Crippen LogP contribution in [-0.2, 0) is 55.6 Å². The van der Waals surface area contributed by atoms with Crippen LogP contribution < -0.4 is 10.5 Å². The number of morpholine rings is 1. The van der Waals surface area contributed by atoms with Crippen molar-refractivity contribution in [3.8, 4) is 0 Å². The Kier molecular flexibility index (Phi) is 14.3. The van der Waals surface area contributed by atoms with E-state index >= 15 is 0 Å². The second-order valence-corrected chi connectivity index (χ2v) is 15.2. The van der Waals surface area contributed by atoms with E-state index in [1.165, 1.54) is 23.3 Å². The Labute approximate surface area is 321 Å². The number of sulfonamides is 1. The molecule has 4 rings (SSSR count). The number of carbonyl (C=O) groups excluding carboxylic acids is 4. The molecule has 1 aliphatic rings. The molecule has 1 saturated heterocycles. The van der Waals surface area contributed by atoms with Crippen molar-refractivity contribution in [1.29, 1.82) is 0 Å². The summed E-state index contributed by atoms with van der Waals surface area (Å²) in [7, 11) is -4.24. The van der Waals surface area contributed by atoms with Crippen LogP contribution in [0.25, 0.3) is 0 Å². The zero-order chi connectivity index (χ0) is 39.7. The largest absolute Gasteiger partial charge is 0.467 e. The third-order valence-electron chi connectivity index (χ3n) is 8.29. The maximum absolute atomic E-state index is 13.1. The standard InChI is InChI=1S/C35H41Cl2N3O13S/c1-22-35(45,23-9-7-10-24(36)15-23)53-20-34(2,3)40(22)33(44)52-21-51-31(42)18-30(41)49-12-5-4-6-13-50-32(43)26-16-29(54(38,46)47)27(37)17-28(26)39-19-25-11-8-14-48-25/h7-11,14-17,22,39,45H,4-6,12-13,18-21H2,1-3H3,(H2,38,46,47)/t22-,35+/m0/s1. The summed E-state index contributed by atoms with van der Waals surface area (Å²) in [6.07, 6.45) is 1.06. The maximum atomic E-state index is 13.1. The number of esters is 3. The van der Waals surface area contributed by atoms with E-state index in [0.29, 0.717) is 35.6 Å². The van der Waals surface area contributed by atoms with E-state index in [1.807, 2.05) is 0 Å². The number of hydrogen-bond donors (Lipinski definition) is 3. The van der Waals surface area contributed by atoms with Gasteiger partial charge in [-0.3, -0.25) is 14.5 Å². The minimum absolute atomic E-state index is 0.0374. The number of ether oxygens (including phenoxy) is 5.